The number of nitrogens with two attached hydrogens (primary N) is 1. The number of esters is 1. The summed E-state index contributed by atoms with van der Waals surface area (Å²) >= 11 is 1.62. The van der Waals surface area contributed by atoms with Crippen LogP contribution in [0.4, 0.5) is 5.69 Å². The van der Waals surface area contributed by atoms with Crippen LogP contribution in [0.1, 0.15) is 12.0 Å². The lowest BCUT2D eigenvalue weighted by Crippen LogP contribution is -2.31. The first-order valence-corrected chi connectivity index (χ1v) is 6.84. The van der Waals surface area contributed by atoms with Crippen molar-refractivity contribution in [3.8, 4) is 0 Å². The van der Waals surface area contributed by atoms with Crippen LogP contribution in [0.25, 0.3) is 0 Å². The molecule has 0 bridgehead atoms. The van der Waals surface area contributed by atoms with Crippen molar-refractivity contribution in [3.63, 3.8) is 0 Å². The Morgan fingerprint density at radius 2 is 2.11 bits per heavy atom. The molecule has 0 aliphatic heterocycles. The number of hydrogen-bond acceptors (Lipinski definition) is 6. The summed E-state index contributed by atoms with van der Waals surface area (Å²) < 4.78 is 4.53. The third-order valence-corrected chi connectivity index (χ3v) is 3.55. The van der Waals surface area contributed by atoms with Crippen molar-refractivity contribution in [2.24, 2.45) is 5.73 Å². The molecule has 0 heterocycles. The number of carbonyl (C=O) groups excluding carboxylic acids is 1. The topological polar surface area (TPSA) is 95.5 Å². The number of nitrogens with zero attached hydrogens (tertiary/aromatic N) is 1. The first-order valence-electron chi connectivity index (χ1n) is 5.69. The van der Waals surface area contributed by atoms with Crippen LogP contribution in [0.5, 0.6) is 0 Å². The van der Waals surface area contributed by atoms with Crippen LogP contribution in [0.2, 0.25) is 0 Å². The van der Waals surface area contributed by atoms with E-state index < -0.39 is 16.9 Å². The Hall–Kier alpha value is -1.60. The summed E-state index contributed by atoms with van der Waals surface area (Å²) in [5, 5.41) is 10.5. The predicted molar refractivity (Wildman–Crippen MR) is 73.9 cm³/mol. The summed E-state index contributed by atoms with van der Waals surface area (Å²) in [5.74, 6) is 1.05. The maximum atomic E-state index is 11.1. The summed E-state index contributed by atoms with van der Waals surface area (Å²) in [4.78, 5) is 21.1. The van der Waals surface area contributed by atoms with Crippen LogP contribution >= 0.6 is 11.8 Å². The van der Waals surface area contributed by atoms with Gasteiger partial charge in [-0.05, 0) is 17.7 Å². The third kappa shape index (κ3) is 5.27. The minimum absolute atomic E-state index is 0.0847. The smallest absolute Gasteiger partial charge is 0.322 e. The highest BCUT2D eigenvalue weighted by atomic mass is 32.2. The van der Waals surface area contributed by atoms with Crippen LogP contribution in [-0.4, -0.2) is 29.8 Å². The fraction of sp³-hybridized carbons (Fsp3) is 0.417. The Kier molecular flexibility index (Phi) is 6.31. The van der Waals surface area contributed by atoms with Crippen molar-refractivity contribution < 1.29 is 14.5 Å². The van der Waals surface area contributed by atoms with Gasteiger partial charge in [0.15, 0.2) is 0 Å². The summed E-state index contributed by atoms with van der Waals surface area (Å²) in [6.07, 6.45) is 0.546. The number of non-ortho nitro benzene ring substituents is 1. The number of thioether (sulfide) groups is 1. The Labute approximate surface area is 115 Å². The zero-order chi connectivity index (χ0) is 14.3. The molecule has 2 N–H and O–H groups in total. The van der Waals surface area contributed by atoms with Crippen LogP contribution in [0, 0.1) is 10.1 Å². The van der Waals surface area contributed by atoms with E-state index in [2.05, 4.69) is 4.74 Å². The molecule has 1 atom stereocenters. The van der Waals surface area contributed by atoms with Crippen molar-refractivity contribution in [1.82, 2.24) is 0 Å². The van der Waals surface area contributed by atoms with E-state index in [1.54, 1.807) is 23.9 Å². The Morgan fingerprint density at radius 3 is 2.63 bits per heavy atom. The number of carbonyl (C=O) groups is 1. The zero-order valence-electron chi connectivity index (χ0n) is 10.6. The lowest BCUT2D eigenvalue weighted by atomic mass is 10.2. The molecule has 0 aliphatic carbocycles. The van der Waals surface area contributed by atoms with Gasteiger partial charge in [-0.3, -0.25) is 14.9 Å². The molecule has 0 amide bonds. The molecule has 19 heavy (non-hydrogen) atoms. The lowest BCUT2D eigenvalue weighted by Gasteiger charge is -2.08. The van der Waals surface area contributed by atoms with E-state index in [1.807, 2.05) is 0 Å². The fourth-order valence-electron chi connectivity index (χ4n) is 1.38. The summed E-state index contributed by atoms with van der Waals surface area (Å²) in [6, 6.07) is 5.83. The average molecular weight is 284 g/mol. The molecule has 0 radical (unpaired) electrons. The quantitative estimate of drug-likeness (QED) is 0.354. The van der Waals surface area contributed by atoms with Gasteiger partial charge in [0, 0.05) is 17.9 Å². The summed E-state index contributed by atoms with van der Waals surface area (Å²) in [6.45, 7) is 0. The van der Waals surface area contributed by atoms with Crippen LogP contribution in [0.3, 0.4) is 0 Å². The second kappa shape index (κ2) is 7.75. The maximum absolute atomic E-state index is 11.1. The highest BCUT2D eigenvalue weighted by Crippen LogP contribution is 2.17. The van der Waals surface area contributed by atoms with Crippen molar-refractivity contribution in [1.29, 1.82) is 0 Å². The van der Waals surface area contributed by atoms with Gasteiger partial charge in [-0.2, -0.15) is 11.8 Å². The molecule has 7 heteroatoms. The zero-order valence-corrected chi connectivity index (χ0v) is 11.4. The number of nitro groups is 1. The van der Waals surface area contributed by atoms with Crippen LogP contribution in [0.15, 0.2) is 24.3 Å². The normalized spacial score (nSPS) is 11.9. The van der Waals surface area contributed by atoms with Gasteiger partial charge in [0.2, 0.25) is 0 Å². The molecule has 1 unspecified atom stereocenters. The van der Waals surface area contributed by atoms with Crippen molar-refractivity contribution in [3.05, 3.63) is 39.9 Å². The highest BCUT2D eigenvalue weighted by Gasteiger charge is 2.12. The number of hydrogen-bond donors (Lipinski definition) is 1. The second-order valence-electron chi connectivity index (χ2n) is 3.89. The Bertz CT molecular complexity index is 436. The van der Waals surface area contributed by atoms with Crippen molar-refractivity contribution >= 4 is 23.4 Å². The maximum Gasteiger partial charge on any atom is 0.322 e. The van der Waals surface area contributed by atoms with E-state index in [1.165, 1.54) is 19.2 Å². The van der Waals surface area contributed by atoms with E-state index in [9.17, 15) is 14.9 Å². The number of rotatable bonds is 7. The fourth-order valence-corrected chi connectivity index (χ4v) is 2.38. The van der Waals surface area contributed by atoms with Crippen molar-refractivity contribution in [2.75, 3.05) is 12.9 Å². The molecular weight excluding hydrogens is 268 g/mol. The van der Waals surface area contributed by atoms with Gasteiger partial charge in [-0.1, -0.05) is 12.1 Å². The monoisotopic (exact) mass is 284 g/mol. The highest BCUT2D eigenvalue weighted by molar-refractivity contribution is 7.98. The molecule has 0 spiro atoms. The minimum Gasteiger partial charge on any atom is -0.468 e. The minimum atomic E-state index is -0.589. The number of methoxy groups -OCH3 is 1. The first-order chi connectivity index (χ1) is 9.04. The summed E-state index contributed by atoms with van der Waals surface area (Å²) in [7, 11) is 1.31. The average Bonchev–Trinajstić information content (AvgIpc) is 2.42. The van der Waals surface area contributed by atoms with Gasteiger partial charge in [0.1, 0.15) is 6.04 Å². The van der Waals surface area contributed by atoms with Gasteiger partial charge in [-0.15, -0.1) is 0 Å². The van der Waals surface area contributed by atoms with Crippen LogP contribution < -0.4 is 5.73 Å². The molecular formula is C12H16N2O4S. The Morgan fingerprint density at radius 1 is 1.47 bits per heavy atom. The van der Waals surface area contributed by atoms with E-state index in [0.717, 1.165) is 17.1 Å². The lowest BCUT2D eigenvalue weighted by molar-refractivity contribution is -0.384. The molecule has 0 saturated carbocycles. The molecule has 1 rings (SSSR count). The molecule has 104 valence electrons. The molecule has 0 aromatic heterocycles. The summed E-state index contributed by atoms with van der Waals surface area (Å²) in [5.41, 5.74) is 6.68. The predicted octanol–water partition coefficient (Wildman–Crippen LogP) is 1.72. The second-order valence-corrected chi connectivity index (χ2v) is 5.00. The molecule has 1 aromatic rings. The van der Waals surface area contributed by atoms with E-state index in [-0.39, 0.29) is 5.69 Å². The van der Waals surface area contributed by atoms with E-state index in [4.69, 9.17) is 5.73 Å². The van der Waals surface area contributed by atoms with Gasteiger partial charge in [-0.25, -0.2) is 0 Å². The number of benzene rings is 1. The van der Waals surface area contributed by atoms with Gasteiger partial charge in [0.05, 0.1) is 12.0 Å². The molecule has 6 nitrogen and oxygen atoms in total. The molecule has 0 fully saturated rings. The molecule has 1 aromatic carbocycles. The number of ether oxygens (including phenoxy) is 1. The van der Waals surface area contributed by atoms with Crippen LogP contribution in [-0.2, 0) is 15.3 Å². The first kappa shape index (κ1) is 15.5. The van der Waals surface area contributed by atoms with Gasteiger partial charge >= 0.3 is 5.97 Å². The molecule has 0 saturated heterocycles. The largest absolute Gasteiger partial charge is 0.468 e. The van der Waals surface area contributed by atoms with Gasteiger partial charge in [0.25, 0.3) is 5.69 Å². The van der Waals surface area contributed by atoms with Gasteiger partial charge < -0.3 is 10.5 Å². The van der Waals surface area contributed by atoms with E-state index in [0.29, 0.717) is 6.42 Å². The third-order valence-electron chi connectivity index (χ3n) is 2.49. The van der Waals surface area contributed by atoms with E-state index >= 15 is 0 Å². The van der Waals surface area contributed by atoms with Crippen molar-refractivity contribution in [2.45, 2.75) is 18.2 Å². The number of nitro benzene ring substituents is 1. The molecule has 0 aliphatic rings. The standard InChI is InChI=1S/C12H16N2O4S/c1-18-12(15)11(13)6-7-19-8-9-2-4-10(5-3-9)14(16)17/h2-5,11H,6-8,13H2,1H3. The Balaban J connectivity index is 2.29. The SMILES string of the molecule is COC(=O)C(N)CCSCc1ccc([N+](=O)[O-])cc1.